The summed E-state index contributed by atoms with van der Waals surface area (Å²) in [6.07, 6.45) is 0. The normalized spacial score (nSPS) is 14.4. The Hall–Kier alpha value is -6.79. The lowest BCUT2D eigenvalue weighted by molar-refractivity contribution is 0.487. The van der Waals surface area contributed by atoms with Crippen molar-refractivity contribution in [3.63, 3.8) is 0 Å². The van der Waals surface area contributed by atoms with Crippen LogP contribution in [0.2, 0.25) is 0 Å². The summed E-state index contributed by atoms with van der Waals surface area (Å²) >= 11 is 0. The first-order chi connectivity index (χ1) is 28.3. The van der Waals surface area contributed by atoms with E-state index in [1.165, 1.54) is 66.4 Å². The van der Waals surface area contributed by atoms with Crippen molar-refractivity contribution in [3.05, 3.63) is 142 Å². The van der Waals surface area contributed by atoms with E-state index in [2.05, 4.69) is 146 Å². The van der Waals surface area contributed by atoms with E-state index >= 15 is 0 Å². The SMILES string of the molecule is CN=c1c2cc(C)ccc2n2c3c4c(ccc13)Oc1cc(C)ccc1B4c1cc3c(cc1-2)-n1c2ccc(C)cc2c(=NC)c2ccc4c(c21)B3c1ccc(C)cc1O4. The summed E-state index contributed by atoms with van der Waals surface area (Å²) in [5.41, 5.74) is 18.9. The number of hydrogen-bond acceptors (Lipinski definition) is 4. The van der Waals surface area contributed by atoms with Crippen LogP contribution in [-0.2, 0) is 0 Å². The number of benzene rings is 7. The molecule has 0 atom stereocenters. The van der Waals surface area contributed by atoms with Crippen LogP contribution in [0.25, 0.3) is 55.0 Å². The van der Waals surface area contributed by atoms with Gasteiger partial charge in [0, 0.05) is 47.0 Å². The van der Waals surface area contributed by atoms with Crippen molar-refractivity contribution in [3.8, 4) is 34.4 Å². The Labute approximate surface area is 335 Å². The summed E-state index contributed by atoms with van der Waals surface area (Å²) in [5.74, 6) is 3.64. The van der Waals surface area contributed by atoms with Gasteiger partial charge in [0.25, 0.3) is 13.4 Å². The molecule has 9 aromatic rings. The zero-order valence-corrected chi connectivity index (χ0v) is 33.2. The molecule has 6 nitrogen and oxygen atoms in total. The molecule has 6 heterocycles. The summed E-state index contributed by atoms with van der Waals surface area (Å²) in [4.78, 5) is 9.96. The molecule has 0 fully saturated rings. The van der Waals surface area contributed by atoms with E-state index in [0.717, 1.165) is 77.3 Å². The topological polar surface area (TPSA) is 53.0 Å². The maximum absolute atomic E-state index is 6.87. The third kappa shape index (κ3) is 3.90. The minimum absolute atomic E-state index is 0.0596. The van der Waals surface area contributed by atoms with Gasteiger partial charge in [-0.05, 0) is 138 Å². The molecule has 58 heavy (non-hydrogen) atoms. The Morgan fingerprint density at radius 3 is 1.29 bits per heavy atom. The number of aromatic nitrogens is 2. The lowest BCUT2D eigenvalue weighted by atomic mass is 9.31. The van der Waals surface area contributed by atoms with Crippen molar-refractivity contribution in [2.75, 3.05) is 14.1 Å². The van der Waals surface area contributed by atoms with Crippen LogP contribution in [0.15, 0.2) is 119 Å². The molecule has 7 aromatic carbocycles. The fraction of sp³-hybridized carbons (Fsp3) is 0.120. The predicted molar refractivity (Wildman–Crippen MR) is 239 cm³/mol. The second-order valence-corrected chi connectivity index (χ2v) is 16.7. The van der Waals surface area contributed by atoms with Crippen LogP contribution >= 0.6 is 0 Å². The molecule has 0 unspecified atom stereocenters. The molecule has 8 heteroatoms. The zero-order valence-electron chi connectivity index (χ0n) is 33.2. The minimum Gasteiger partial charge on any atom is -0.458 e. The summed E-state index contributed by atoms with van der Waals surface area (Å²) in [7, 11) is 3.84. The number of ether oxygens (including phenoxy) is 2. The van der Waals surface area contributed by atoms with Crippen LogP contribution in [0.3, 0.4) is 0 Å². The van der Waals surface area contributed by atoms with Gasteiger partial charge in [0.2, 0.25) is 0 Å². The van der Waals surface area contributed by atoms with E-state index in [0.29, 0.717) is 0 Å². The highest BCUT2D eigenvalue weighted by Gasteiger charge is 2.45. The number of nitrogens with zero attached hydrogens (tertiary/aromatic N) is 4. The largest absolute Gasteiger partial charge is 0.458 e. The molecule has 274 valence electrons. The van der Waals surface area contributed by atoms with Gasteiger partial charge >= 0.3 is 0 Å². The van der Waals surface area contributed by atoms with Crippen molar-refractivity contribution in [2.45, 2.75) is 27.7 Å². The van der Waals surface area contributed by atoms with E-state index in [9.17, 15) is 0 Å². The van der Waals surface area contributed by atoms with Gasteiger partial charge < -0.3 is 18.6 Å². The van der Waals surface area contributed by atoms with Crippen molar-refractivity contribution in [1.29, 1.82) is 0 Å². The molecule has 0 spiro atoms. The third-order valence-corrected chi connectivity index (χ3v) is 13.3. The van der Waals surface area contributed by atoms with Crippen molar-refractivity contribution >= 4 is 89.8 Å². The summed E-state index contributed by atoms with van der Waals surface area (Å²) in [5, 5.41) is 6.54. The van der Waals surface area contributed by atoms with Crippen LogP contribution in [0, 0.1) is 27.7 Å². The molecular formula is C50H36B2N4O2. The maximum atomic E-state index is 6.87. The molecule has 0 radical (unpaired) electrons. The first-order valence-electron chi connectivity index (χ1n) is 20.2. The van der Waals surface area contributed by atoms with Crippen LogP contribution in [-0.4, -0.2) is 36.7 Å². The summed E-state index contributed by atoms with van der Waals surface area (Å²) < 4.78 is 18.8. The first kappa shape index (κ1) is 32.3. The van der Waals surface area contributed by atoms with Gasteiger partial charge in [-0.2, -0.15) is 0 Å². The number of aryl methyl sites for hydroxylation is 4. The molecule has 0 N–H and O–H groups in total. The average molecular weight is 746 g/mol. The molecule has 13 rings (SSSR count). The average Bonchev–Trinajstić information content (AvgIpc) is 3.22. The van der Waals surface area contributed by atoms with Gasteiger partial charge in [-0.1, -0.05) is 53.6 Å². The Balaban J connectivity index is 1.27. The van der Waals surface area contributed by atoms with Gasteiger partial charge in [0.05, 0.1) is 32.8 Å². The van der Waals surface area contributed by atoms with E-state index in [-0.39, 0.29) is 13.4 Å². The summed E-state index contributed by atoms with van der Waals surface area (Å²) in [6.45, 7) is 8.49. The second-order valence-electron chi connectivity index (χ2n) is 16.7. The highest BCUT2D eigenvalue weighted by atomic mass is 16.5. The van der Waals surface area contributed by atoms with Gasteiger partial charge in [-0.25, -0.2) is 0 Å². The molecule has 4 aliphatic heterocycles. The Kier molecular flexibility index (Phi) is 6.12. The highest BCUT2D eigenvalue weighted by Crippen LogP contribution is 2.38. The Morgan fingerprint density at radius 1 is 0.414 bits per heavy atom. The van der Waals surface area contributed by atoms with E-state index in [1.807, 2.05) is 14.1 Å². The predicted octanol–water partition coefficient (Wildman–Crippen LogP) is 6.05. The lowest BCUT2D eigenvalue weighted by Gasteiger charge is -2.39. The van der Waals surface area contributed by atoms with Crippen LogP contribution in [0.1, 0.15) is 22.3 Å². The van der Waals surface area contributed by atoms with Crippen LogP contribution in [0.5, 0.6) is 23.0 Å². The zero-order chi connectivity index (χ0) is 38.9. The van der Waals surface area contributed by atoms with E-state index in [1.54, 1.807) is 0 Å². The van der Waals surface area contributed by atoms with Crippen molar-refractivity contribution in [2.24, 2.45) is 9.98 Å². The number of pyridine rings is 2. The highest BCUT2D eigenvalue weighted by molar-refractivity contribution is 7.02. The molecule has 2 aromatic heterocycles. The number of rotatable bonds is 0. The summed E-state index contributed by atoms with van der Waals surface area (Å²) in [6, 6.07) is 40.8. The van der Waals surface area contributed by atoms with E-state index < -0.39 is 0 Å². The van der Waals surface area contributed by atoms with Gasteiger partial charge in [0.1, 0.15) is 23.0 Å². The second kappa shape index (κ2) is 11.0. The Morgan fingerprint density at radius 2 is 0.845 bits per heavy atom. The van der Waals surface area contributed by atoms with Gasteiger partial charge in [0.15, 0.2) is 0 Å². The minimum atomic E-state index is -0.0596. The molecule has 0 bridgehead atoms. The molecule has 0 saturated heterocycles. The van der Waals surface area contributed by atoms with Crippen LogP contribution < -0.4 is 53.0 Å². The fourth-order valence-electron chi connectivity index (χ4n) is 11.0. The van der Waals surface area contributed by atoms with Gasteiger partial charge in [-0.15, -0.1) is 0 Å². The quantitative estimate of drug-likeness (QED) is 0.140. The molecule has 0 saturated carbocycles. The smallest absolute Gasteiger partial charge is 0.256 e. The molecule has 0 aliphatic carbocycles. The number of hydrogen-bond donors (Lipinski definition) is 0. The lowest BCUT2D eigenvalue weighted by Crippen LogP contribution is -2.63. The monoisotopic (exact) mass is 746 g/mol. The van der Waals surface area contributed by atoms with E-state index in [4.69, 9.17) is 19.5 Å². The standard InChI is InChI=1S/C50H36B2N4O2/c1-25-9-15-37-31(19-25)47(53-5)29-11-17-41-45-49(29)55(37)39-24-40-36(23-35(39)51(45)33-13-7-27(3)21-43(33)57-41)52-34-14-8-28(4)22-44(34)58-42-18-12-30-48(54-6)32-20-26(2)10-16-38(32)56(40)50(30)46(42)52/h7-24H,1-6H3. The third-order valence-electron chi connectivity index (χ3n) is 13.3. The fourth-order valence-corrected chi connectivity index (χ4v) is 11.0. The van der Waals surface area contributed by atoms with Crippen molar-refractivity contribution in [1.82, 2.24) is 9.13 Å². The van der Waals surface area contributed by atoms with Gasteiger partial charge in [-0.3, -0.25) is 9.98 Å². The van der Waals surface area contributed by atoms with Crippen LogP contribution in [0.4, 0.5) is 0 Å². The number of fused-ring (bicyclic) bond motifs is 14. The Bertz CT molecular complexity index is 3380. The maximum Gasteiger partial charge on any atom is 0.256 e. The molecular weight excluding hydrogens is 710 g/mol. The van der Waals surface area contributed by atoms with Crippen molar-refractivity contribution < 1.29 is 9.47 Å². The molecule has 4 aliphatic rings. The molecule has 0 amide bonds. The first-order valence-corrected chi connectivity index (χ1v) is 20.2.